The van der Waals surface area contributed by atoms with E-state index in [-0.39, 0.29) is 5.69 Å². The van der Waals surface area contributed by atoms with Crippen molar-refractivity contribution < 1.29 is 4.74 Å². The number of aromatic nitrogens is 2. The van der Waals surface area contributed by atoms with Gasteiger partial charge in [-0.3, -0.25) is 14.3 Å². The van der Waals surface area contributed by atoms with Gasteiger partial charge in [0, 0.05) is 12.7 Å². The van der Waals surface area contributed by atoms with E-state index in [1.807, 2.05) is 30.3 Å². The maximum atomic E-state index is 11.5. The summed E-state index contributed by atoms with van der Waals surface area (Å²) >= 11 is 3.11. The molecular weight excluding hydrogens is 324 g/mol. The third kappa shape index (κ3) is 4.09. The van der Waals surface area contributed by atoms with E-state index in [0.717, 1.165) is 18.6 Å². The smallest absolute Gasteiger partial charge is 0.328 e. The molecule has 0 aliphatic heterocycles. The molecule has 1 heterocycles. The molecule has 0 atom stereocenters. The van der Waals surface area contributed by atoms with Crippen molar-refractivity contribution in [2.24, 2.45) is 0 Å². The summed E-state index contributed by atoms with van der Waals surface area (Å²) in [7, 11) is 0. The zero-order valence-electron chi connectivity index (χ0n) is 10.8. The highest BCUT2D eigenvalue weighted by Gasteiger charge is 2.01. The summed E-state index contributed by atoms with van der Waals surface area (Å²) in [4.78, 5) is 25.0. The lowest BCUT2D eigenvalue weighted by atomic mass is 10.3. The van der Waals surface area contributed by atoms with Gasteiger partial charge in [0.05, 0.1) is 11.1 Å². The number of hydrogen-bond acceptors (Lipinski definition) is 3. The van der Waals surface area contributed by atoms with Crippen LogP contribution < -0.4 is 16.0 Å². The van der Waals surface area contributed by atoms with Crippen molar-refractivity contribution in [3.05, 3.63) is 61.8 Å². The highest BCUT2D eigenvalue weighted by molar-refractivity contribution is 9.10. The highest BCUT2D eigenvalue weighted by atomic mass is 79.9. The molecule has 106 valence electrons. The van der Waals surface area contributed by atoms with Crippen molar-refractivity contribution in [2.75, 3.05) is 6.61 Å². The van der Waals surface area contributed by atoms with Crippen molar-refractivity contribution in [1.82, 2.24) is 9.55 Å². The minimum absolute atomic E-state index is 0.359. The van der Waals surface area contributed by atoms with Crippen LogP contribution in [-0.2, 0) is 6.54 Å². The van der Waals surface area contributed by atoms with Gasteiger partial charge in [-0.15, -0.1) is 0 Å². The molecule has 0 unspecified atom stereocenters. The van der Waals surface area contributed by atoms with Gasteiger partial charge in [0.2, 0.25) is 0 Å². The molecule has 1 aromatic heterocycles. The number of aromatic amines is 1. The Morgan fingerprint density at radius 1 is 1.15 bits per heavy atom. The molecular formula is C14H15BrN2O3. The lowest BCUT2D eigenvalue weighted by Gasteiger charge is -2.07. The first-order chi connectivity index (χ1) is 9.66. The number of hydrogen-bond donors (Lipinski definition) is 1. The Morgan fingerprint density at radius 2 is 1.90 bits per heavy atom. The Hall–Kier alpha value is -1.82. The topological polar surface area (TPSA) is 64.1 Å². The molecule has 0 aliphatic carbocycles. The quantitative estimate of drug-likeness (QED) is 0.821. The van der Waals surface area contributed by atoms with Crippen molar-refractivity contribution in [1.29, 1.82) is 0 Å². The average molecular weight is 339 g/mol. The number of halogens is 1. The van der Waals surface area contributed by atoms with Gasteiger partial charge in [0.15, 0.2) is 0 Å². The Morgan fingerprint density at radius 3 is 2.65 bits per heavy atom. The van der Waals surface area contributed by atoms with Crippen molar-refractivity contribution in [3.63, 3.8) is 0 Å². The molecule has 20 heavy (non-hydrogen) atoms. The van der Waals surface area contributed by atoms with E-state index in [0.29, 0.717) is 17.6 Å². The zero-order chi connectivity index (χ0) is 14.4. The molecule has 5 nitrogen and oxygen atoms in total. The molecule has 0 radical (unpaired) electrons. The van der Waals surface area contributed by atoms with Crippen LogP contribution in [0.15, 0.2) is 50.6 Å². The van der Waals surface area contributed by atoms with Crippen molar-refractivity contribution in [2.45, 2.75) is 19.4 Å². The van der Waals surface area contributed by atoms with Crippen molar-refractivity contribution in [3.8, 4) is 5.75 Å². The van der Waals surface area contributed by atoms with Gasteiger partial charge >= 0.3 is 5.69 Å². The zero-order valence-corrected chi connectivity index (χ0v) is 12.4. The third-order valence-electron chi connectivity index (χ3n) is 2.77. The second kappa shape index (κ2) is 7.09. The number of nitrogens with one attached hydrogen (secondary N) is 1. The van der Waals surface area contributed by atoms with E-state index < -0.39 is 5.56 Å². The Kier molecular flexibility index (Phi) is 5.17. The van der Waals surface area contributed by atoms with Crippen LogP contribution in [0.1, 0.15) is 12.8 Å². The van der Waals surface area contributed by atoms with Gasteiger partial charge in [-0.1, -0.05) is 18.2 Å². The van der Waals surface area contributed by atoms with E-state index in [1.54, 1.807) is 0 Å². The van der Waals surface area contributed by atoms with Crippen LogP contribution in [0.4, 0.5) is 0 Å². The average Bonchev–Trinajstić information content (AvgIpc) is 2.45. The van der Waals surface area contributed by atoms with Gasteiger partial charge in [-0.25, -0.2) is 4.79 Å². The lowest BCUT2D eigenvalue weighted by Crippen LogP contribution is -2.29. The fourth-order valence-electron chi connectivity index (χ4n) is 1.74. The minimum Gasteiger partial charge on any atom is -0.494 e. The molecule has 6 heteroatoms. The first-order valence-electron chi connectivity index (χ1n) is 6.34. The number of aryl methyl sites for hydroxylation is 1. The van der Waals surface area contributed by atoms with Gasteiger partial charge in [0.25, 0.3) is 5.56 Å². The SMILES string of the molecule is O=c1[nH]c(=O)n(CCCCOc2ccccc2)cc1Br. The molecule has 0 spiro atoms. The molecule has 0 fully saturated rings. The fourth-order valence-corrected chi connectivity index (χ4v) is 2.09. The van der Waals surface area contributed by atoms with Crippen LogP contribution >= 0.6 is 15.9 Å². The van der Waals surface area contributed by atoms with Gasteiger partial charge in [-0.05, 0) is 40.9 Å². The van der Waals surface area contributed by atoms with Gasteiger partial charge < -0.3 is 4.74 Å². The predicted molar refractivity (Wildman–Crippen MR) is 80.2 cm³/mol. The summed E-state index contributed by atoms with van der Waals surface area (Å²) in [5.74, 6) is 0.844. The van der Waals surface area contributed by atoms with E-state index in [9.17, 15) is 9.59 Å². The molecule has 2 rings (SSSR count). The molecule has 0 aliphatic rings. The predicted octanol–water partition coefficient (Wildman–Crippen LogP) is 2.16. The fraction of sp³-hybridized carbons (Fsp3) is 0.286. The summed E-state index contributed by atoms with van der Waals surface area (Å²) in [6.45, 7) is 1.15. The Labute approximate surface area is 124 Å². The first kappa shape index (κ1) is 14.6. The second-order valence-corrected chi connectivity index (χ2v) is 5.15. The Bertz CT molecular complexity index is 664. The number of unbranched alkanes of at least 4 members (excludes halogenated alkanes) is 1. The number of para-hydroxylation sites is 1. The van der Waals surface area contributed by atoms with Crippen LogP contribution in [0.2, 0.25) is 0 Å². The molecule has 0 amide bonds. The molecule has 1 N–H and O–H groups in total. The molecule has 0 bridgehead atoms. The van der Waals surface area contributed by atoms with Crippen molar-refractivity contribution >= 4 is 15.9 Å². The van der Waals surface area contributed by atoms with Crippen LogP contribution in [-0.4, -0.2) is 16.2 Å². The summed E-state index contributed by atoms with van der Waals surface area (Å²) in [6.07, 6.45) is 3.14. The summed E-state index contributed by atoms with van der Waals surface area (Å²) in [6, 6.07) is 9.60. The maximum absolute atomic E-state index is 11.5. The monoisotopic (exact) mass is 338 g/mol. The third-order valence-corrected chi connectivity index (χ3v) is 3.34. The van der Waals surface area contributed by atoms with E-state index >= 15 is 0 Å². The van der Waals surface area contributed by atoms with Gasteiger partial charge in [-0.2, -0.15) is 0 Å². The van der Waals surface area contributed by atoms with E-state index in [2.05, 4.69) is 20.9 Å². The molecule has 0 saturated carbocycles. The number of rotatable bonds is 6. The first-order valence-corrected chi connectivity index (χ1v) is 7.13. The highest BCUT2D eigenvalue weighted by Crippen LogP contribution is 2.09. The van der Waals surface area contributed by atoms with Crippen LogP contribution in [0.3, 0.4) is 0 Å². The number of benzene rings is 1. The molecule has 0 saturated heterocycles. The summed E-state index contributed by atoms with van der Waals surface area (Å²) in [5, 5.41) is 0. The minimum atomic E-state index is -0.404. The van der Waals surface area contributed by atoms with Crippen LogP contribution in [0, 0.1) is 0 Å². The van der Waals surface area contributed by atoms with Crippen LogP contribution in [0.25, 0.3) is 0 Å². The summed E-state index contributed by atoms with van der Waals surface area (Å²) < 4.78 is 7.40. The standard InChI is InChI=1S/C14H15BrN2O3/c15-12-10-17(14(19)16-13(12)18)8-4-5-9-20-11-6-2-1-3-7-11/h1-3,6-7,10H,4-5,8-9H2,(H,16,18,19). The molecule has 1 aromatic carbocycles. The van der Waals surface area contributed by atoms with E-state index in [1.165, 1.54) is 10.8 Å². The molecule has 2 aromatic rings. The Balaban J connectivity index is 1.78. The lowest BCUT2D eigenvalue weighted by molar-refractivity contribution is 0.302. The second-order valence-electron chi connectivity index (χ2n) is 4.30. The summed E-state index contributed by atoms with van der Waals surface area (Å²) in [5.41, 5.74) is -0.791. The van der Waals surface area contributed by atoms with E-state index in [4.69, 9.17) is 4.74 Å². The van der Waals surface area contributed by atoms with Crippen LogP contribution in [0.5, 0.6) is 5.75 Å². The maximum Gasteiger partial charge on any atom is 0.328 e. The van der Waals surface area contributed by atoms with Gasteiger partial charge in [0.1, 0.15) is 5.75 Å². The normalized spacial score (nSPS) is 10.4. The number of ether oxygens (including phenoxy) is 1. The largest absolute Gasteiger partial charge is 0.494 e. The number of H-pyrrole nitrogens is 1. The number of nitrogens with zero attached hydrogens (tertiary/aromatic N) is 1.